The van der Waals surface area contributed by atoms with Crippen molar-refractivity contribution in [1.29, 1.82) is 0 Å². The number of carbonyl (C=O) groups excluding carboxylic acids is 1. The van der Waals surface area contributed by atoms with Gasteiger partial charge in [-0.3, -0.25) is 9.69 Å². The second kappa shape index (κ2) is 8.60. The van der Waals surface area contributed by atoms with Gasteiger partial charge in [-0.25, -0.2) is 4.98 Å². The number of hydrogen-bond donors (Lipinski definition) is 0. The van der Waals surface area contributed by atoms with Gasteiger partial charge < -0.3 is 4.90 Å². The number of piperazine rings is 1. The minimum Gasteiger partial charge on any atom is -0.334 e. The first-order valence-corrected chi connectivity index (χ1v) is 10.6. The third-order valence-corrected chi connectivity index (χ3v) is 6.07. The first kappa shape index (κ1) is 19.4. The topological polar surface area (TPSA) is 81.3 Å². The number of benzene rings is 1. The number of nitrogens with zero attached hydrogens (tertiary/aromatic N) is 6. The molecule has 0 atom stereocenters. The van der Waals surface area contributed by atoms with E-state index in [-0.39, 0.29) is 5.91 Å². The number of aromatic nitrogens is 5. The number of aromatic amines is 1. The SMILES string of the molecule is Cc1ccc(-n2nnnc2SCC(=O)N2CCN(c3cccc[nH+]3)CC2)cc1C. The van der Waals surface area contributed by atoms with Crippen molar-refractivity contribution in [3.05, 3.63) is 53.7 Å². The zero-order chi connectivity index (χ0) is 20.2. The summed E-state index contributed by atoms with van der Waals surface area (Å²) < 4.78 is 1.69. The first-order chi connectivity index (χ1) is 14.1. The minimum atomic E-state index is 0.112. The van der Waals surface area contributed by atoms with Gasteiger partial charge in [-0.1, -0.05) is 23.9 Å². The van der Waals surface area contributed by atoms with Gasteiger partial charge in [-0.05, 0) is 53.6 Å². The van der Waals surface area contributed by atoms with Gasteiger partial charge in [0.2, 0.25) is 11.1 Å². The lowest BCUT2D eigenvalue weighted by atomic mass is 10.1. The van der Waals surface area contributed by atoms with Crippen LogP contribution in [0, 0.1) is 13.8 Å². The highest BCUT2D eigenvalue weighted by Gasteiger charge is 2.26. The highest BCUT2D eigenvalue weighted by molar-refractivity contribution is 7.99. The van der Waals surface area contributed by atoms with Crippen LogP contribution in [0.1, 0.15) is 11.1 Å². The second-order valence-electron chi connectivity index (χ2n) is 7.05. The Morgan fingerprint density at radius 2 is 1.93 bits per heavy atom. The molecule has 0 spiro atoms. The van der Waals surface area contributed by atoms with Gasteiger partial charge in [-0.2, -0.15) is 4.68 Å². The number of anilines is 1. The number of hydrogen-bond acceptors (Lipinski definition) is 6. The van der Waals surface area contributed by atoms with E-state index in [9.17, 15) is 4.79 Å². The van der Waals surface area contributed by atoms with E-state index in [4.69, 9.17) is 0 Å². The number of tetrazole rings is 1. The lowest BCUT2D eigenvalue weighted by Crippen LogP contribution is -2.50. The average molecular weight is 411 g/mol. The van der Waals surface area contributed by atoms with Crippen molar-refractivity contribution in [3.63, 3.8) is 0 Å². The molecule has 3 heterocycles. The molecule has 1 N–H and O–H groups in total. The Balaban J connectivity index is 1.34. The quantitative estimate of drug-likeness (QED) is 0.594. The maximum atomic E-state index is 12.7. The number of H-pyrrole nitrogens is 1. The van der Waals surface area contributed by atoms with Crippen molar-refractivity contribution in [2.24, 2.45) is 0 Å². The molecule has 0 aliphatic carbocycles. The summed E-state index contributed by atoms with van der Waals surface area (Å²) >= 11 is 1.37. The number of aryl methyl sites for hydroxylation is 2. The summed E-state index contributed by atoms with van der Waals surface area (Å²) in [6.45, 7) is 7.19. The molecule has 0 bridgehead atoms. The van der Waals surface area contributed by atoms with Gasteiger partial charge >= 0.3 is 0 Å². The molecule has 8 nitrogen and oxygen atoms in total. The van der Waals surface area contributed by atoms with E-state index in [1.807, 2.05) is 29.3 Å². The minimum absolute atomic E-state index is 0.112. The Morgan fingerprint density at radius 3 is 2.66 bits per heavy atom. The number of pyridine rings is 1. The Morgan fingerprint density at radius 1 is 1.10 bits per heavy atom. The van der Waals surface area contributed by atoms with Crippen LogP contribution in [-0.4, -0.2) is 62.9 Å². The standard InChI is InChI=1S/C20H23N7OS/c1-15-6-7-17(13-16(15)2)27-20(22-23-24-27)29-14-19(28)26-11-9-25(10-12-26)18-5-3-4-8-21-18/h3-8,13H,9-12,14H2,1-2H3/p+1. The number of amides is 1. The summed E-state index contributed by atoms with van der Waals surface area (Å²) in [5.41, 5.74) is 3.30. The molecular weight excluding hydrogens is 386 g/mol. The second-order valence-corrected chi connectivity index (χ2v) is 7.99. The fourth-order valence-corrected chi connectivity index (χ4v) is 4.08. The van der Waals surface area contributed by atoms with Crippen LogP contribution in [0.4, 0.5) is 5.82 Å². The van der Waals surface area contributed by atoms with Gasteiger partial charge in [0.1, 0.15) is 13.1 Å². The number of thioether (sulfide) groups is 1. The highest BCUT2D eigenvalue weighted by Crippen LogP contribution is 2.21. The Bertz CT molecular complexity index is 984. The predicted molar refractivity (Wildman–Crippen MR) is 111 cm³/mol. The van der Waals surface area contributed by atoms with Crippen molar-refractivity contribution in [1.82, 2.24) is 25.1 Å². The molecule has 29 heavy (non-hydrogen) atoms. The van der Waals surface area contributed by atoms with E-state index >= 15 is 0 Å². The van der Waals surface area contributed by atoms with Crippen LogP contribution in [0.15, 0.2) is 47.8 Å². The normalized spacial score (nSPS) is 14.3. The van der Waals surface area contributed by atoms with E-state index in [0.29, 0.717) is 24.0 Å². The van der Waals surface area contributed by atoms with Crippen molar-refractivity contribution in [2.45, 2.75) is 19.0 Å². The molecule has 0 radical (unpaired) electrons. The fourth-order valence-electron chi connectivity index (χ4n) is 3.28. The van der Waals surface area contributed by atoms with Gasteiger partial charge in [0.25, 0.3) is 5.82 Å². The molecule has 150 valence electrons. The molecule has 1 aliphatic heterocycles. The molecule has 1 fully saturated rings. The maximum absolute atomic E-state index is 12.7. The van der Waals surface area contributed by atoms with Crippen LogP contribution < -0.4 is 9.88 Å². The van der Waals surface area contributed by atoms with Crippen LogP contribution in [0.25, 0.3) is 5.69 Å². The molecule has 4 rings (SSSR count). The lowest BCUT2D eigenvalue weighted by Gasteiger charge is -2.30. The molecular formula is C20H24N7OS+. The summed E-state index contributed by atoms with van der Waals surface area (Å²) in [4.78, 5) is 20.1. The van der Waals surface area contributed by atoms with Crippen LogP contribution in [0.5, 0.6) is 0 Å². The zero-order valence-electron chi connectivity index (χ0n) is 16.6. The third kappa shape index (κ3) is 4.40. The summed E-state index contributed by atoms with van der Waals surface area (Å²) in [5, 5.41) is 12.6. The molecule has 0 unspecified atom stereocenters. The molecule has 1 aliphatic rings. The number of rotatable bonds is 5. The smallest absolute Gasteiger partial charge is 0.274 e. The summed E-state index contributed by atoms with van der Waals surface area (Å²) in [5.74, 6) is 1.52. The van der Waals surface area contributed by atoms with E-state index in [1.165, 1.54) is 22.9 Å². The van der Waals surface area contributed by atoms with Crippen LogP contribution in [0.2, 0.25) is 0 Å². The summed E-state index contributed by atoms with van der Waals surface area (Å²) in [6, 6.07) is 12.1. The molecule has 9 heteroatoms. The first-order valence-electron chi connectivity index (χ1n) is 9.60. The van der Waals surface area contributed by atoms with Crippen molar-refractivity contribution < 1.29 is 9.78 Å². The number of carbonyl (C=O) groups is 1. The maximum Gasteiger partial charge on any atom is 0.274 e. The molecule has 1 amide bonds. The lowest BCUT2D eigenvalue weighted by molar-refractivity contribution is -0.364. The van der Waals surface area contributed by atoms with E-state index < -0.39 is 0 Å². The predicted octanol–water partition coefficient (Wildman–Crippen LogP) is 1.53. The van der Waals surface area contributed by atoms with Crippen LogP contribution in [-0.2, 0) is 4.79 Å². The highest BCUT2D eigenvalue weighted by atomic mass is 32.2. The molecule has 3 aromatic rings. The van der Waals surface area contributed by atoms with Crippen molar-refractivity contribution >= 4 is 23.5 Å². The van der Waals surface area contributed by atoms with Crippen molar-refractivity contribution in [3.8, 4) is 5.69 Å². The average Bonchev–Trinajstić information content (AvgIpc) is 3.23. The third-order valence-electron chi connectivity index (χ3n) is 5.17. The summed E-state index contributed by atoms with van der Waals surface area (Å²) in [6.07, 6.45) is 1.92. The summed E-state index contributed by atoms with van der Waals surface area (Å²) in [7, 11) is 0. The Labute approximate surface area is 173 Å². The van der Waals surface area contributed by atoms with Crippen molar-refractivity contribution in [2.75, 3.05) is 36.8 Å². The molecule has 0 saturated carbocycles. The Kier molecular flexibility index (Phi) is 5.75. The van der Waals surface area contributed by atoms with Gasteiger partial charge in [0.15, 0.2) is 0 Å². The number of nitrogens with one attached hydrogen (secondary N) is 1. The van der Waals surface area contributed by atoms with Crippen LogP contribution in [0.3, 0.4) is 0 Å². The van der Waals surface area contributed by atoms with E-state index in [1.54, 1.807) is 4.68 Å². The van der Waals surface area contributed by atoms with Gasteiger partial charge in [-0.15, -0.1) is 5.10 Å². The molecule has 2 aromatic heterocycles. The zero-order valence-corrected chi connectivity index (χ0v) is 17.4. The fraction of sp³-hybridized carbons (Fsp3) is 0.350. The monoisotopic (exact) mass is 410 g/mol. The van der Waals surface area contributed by atoms with Gasteiger partial charge in [0.05, 0.1) is 30.7 Å². The van der Waals surface area contributed by atoms with Crippen LogP contribution >= 0.6 is 11.8 Å². The van der Waals surface area contributed by atoms with E-state index in [2.05, 4.69) is 57.5 Å². The molecule has 1 saturated heterocycles. The van der Waals surface area contributed by atoms with E-state index in [0.717, 1.165) is 24.6 Å². The largest absolute Gasteiger partial charge is 0.334 e. The Hall–Kier alpha value is -2.94. The molecule has 1 aromatic carbocycles. The van der Waals surface area contributed by atoms with Gasteiger partial charge in [0, 0.05) is 6.07 Å².